The number of halogens is 1. The van der Waals surface area contributed by atoms with E-state index in [-0.39, 0.29) is 4.90 Å². The van der Waals surface area contributed by atoms with Crippen molar-refractivity contribution in [2.45, 2.75) is 31.7 Å². The third kappa shape index (κ3) is 3.55. The van der Waals surface area contributed by atoms with Gasteiger partial charge < -0.3 is 4.74 Å². The predicted molar refractivity (Wildman–Crippen MR) is 72.2 cm³/mol. The highest BCUT2D eigenvalue weighted by molar-refractivity contribution is 7.89. The number of sulfonamides is 1. The smallest absolute Gasteiger partial charge is 0.321 e. The summed E-state index contributed by atoms with van der Waals surface area (Å²) in [5.41, 5.74) is 0.418. The van der Waals surface area contributed by atoms with Crippen LogP contribution in [-0.2, 0) is 19.6 Å². The summed E-state index contributed by atoms with van der Waals surface area (Å²) in [6, 6.07) is 3.08. The quantitative estimate of drug-likeness (QED) is 0.777. The molecule has 0 bridgehead atoms. The lowest BCUT2D eigenvalue weighted by atomic mass is 10.2. The Bertz CT molecular complexity index is 598. The summed E-state index contributed by atoms with van der Waals surface area (Å²) in [6.07, 6.45) is 0. The molecule has 0 aliphatic heterocycles. The van der Waals surface area contributed by atoms with Gasteiger partial charge in [0.25, 0.3) is 0 Å². The zero-order chi connectivity index (χ0) is 15.5. The number of hydrogen-bond donors (Lipinski definition) is 0. The van der Waals surface area contributed by atoms with Gasteiger partial charge in [0.15, 0.2) is 0 Å². The van der Waals surface area contributed by atoms with Gasteiger partial charge in [-0.15, -0.1) is 0 Å². The van der Waals surface area contributed by atoms with Crippen molar-refractivity contribution in [3.05, 3.63) is 29.6 Å². The van der Waals surface area contributed by atoms with Crippen molar-refractivity contribution in [1.29, 1.82) is 0 Å². The van der Waals surface area contributed by atoms with Gasteiger partial charge in [-0.1, -0.05) is 6.07 Å². The van der Waals surface area contributed by atoms with Gasteiger partial charge >= 0.3 is 5.97 Å². The molecule has 0 aliphatic rings. The van der Waals surface area contributed by atoms with Crippen LogP contribution in [-0.4, -0.2) is 38.4 Å². The largest absolute Gasteiger partial charge is 0.468 e. The monoisotopic (exact) mass is 303 g/mol. The molecule has 0 heterocycles. The van der Waals surface area contributed by atoms with E-state index in [0.717, 1.165) is 10.4 Å². The number of methoxy groups -OCH3 is 1. The van der Waals surface area contributed by atoms with Crippen molar-refractivity contribution in [2.24, 2.45) is 0 Å². The highest BCUT2D eigenvalue weighted by Gasteiger charge is 2.30. The maximum Gasteiger partial charge on any atom is 0.321 e. The Morgan fingerprint density at radius 3 is 2.50 bits per heavy atom. The van der Waals surface area contributed by atoms with E-state index in [1.54, 1.807) is 20.8 Å². The van der Waals surface area contributed by atoms with Gasteiger partial charge in [0.1, 0.15) is 12.4 Å². The summed E-state index contributed by atoms with van der Waals surface area (Å²) >= 11 is 0. The number of rotatable bonds is 5. The van der Waals surface area contributed by atoms with Crippen LogP contribution in [0.25, 0.3) is 0 Å². The summed E-state index contributed by atoms with van der Waals surface area (Å²) in [4.78, 5) is 11.2. The molecule has 0 saturated heterocycles. The summed E-state index contributed by atoms with van der Waals surface area (Å²) in [6.45, 7) is 4.43. The van der Waals surface area contributed by atoms with Crippen molar-refractivity contribution in [2.75, 3.05) is 13.7 Å². The highest BCUT2D eigenvalue weighted by Crippen LogP contribution is 2.22. The molecular formula is C13H18FNO4S. The Balaban J connectivity index is 3.30. The van der Waals surface area contributed by atoms with Crippen LogP contribution in [0.15, 0.2) is 23.1 Å². The molecule has 112 valence electrons. The Morgan fingerprint density at radius 2 is 2.00 bits per heavy atom. The minimum absolute atomic E-state index is 0.143. The average Bonchev–Trinajstić information content (AvgIpc) is 2.37. The van der Waals surface area contributed by atoms with E-state index in [2.05, 4.69) is 4.74 Å². The number of carbonyl (C=O) groups excluding carboxylic acids is 1. The third-order valence-corrected chi connectivity index (χ3v) is 4.99. The maximum absolute atomic E-state index is 13.3. The average molecular weight is 303 g/mol. The van der Waals surface area contributed by atoms with Crippen molar-refractivity contribution >= 4 is 16.0 Å². The van der Waals surface area contributed by atoms with Gasteiger partial charge in [-0.3, -0.25) is 4.79 Å². The minimum atomic E-state index is -3.97. The molecule has 0 spiro atoms. The molecule has 7 heteroatoms. The summed E-state index contributed by atoms with van der Waals surface area (Å²) < 4.78 is 43.9. The molecule has 0 amide bonds. The zero-order valence-corrected chi connectivity index (χ0v) is 12.7. The number of carbonyl (C=O) groups is 1. The Hall–Kier alpha value is -1.47. The van der Waals surface area contributed by atoms with E-state index in [1.807, 2.05) is 0 Å². The fourth-order valence-corrected chi connectivity index (χ4v) is 3.53. The molecule has 1 aromatic carbocycles. The molecule has 1 rings (SSSR count). The Morgan fingerprint density at radius 1 is 1.40 bits per heavy atom. The summed E-state index contributed by atoms with van der Waals surface area (Å²) in [7, 11) is -2.78. The van der Waals surface area contributed by atoms with E-state index in [1.165, 1.54) is 19.2 Å². The lowest BCUT2D eigenvalue weighted by molar-refractivity contribution is -0.141. The van der Waals surface area contributed by atoms with Crippen LogP contribution in [0.4, 0.5) is 4.39 Å². The lowest BCUT2D eigenvalue weighted by Crippen LogP contribution is -2.41. The van der Waals surface area contributed by atoms with E-state index in [9.17, 15) is 17.6 Å². The molecule has 0 aliphatic carbocycles. The van der Waals surface area contributed by atoms with Crippen LogP contribution in [0.5, 0.6) is 0 Å². The first-order valence-electron chi connectivity index (χ1n) is 6.05. The van der Waals surface area contributed by atoms with Crippen LogP contribution in [0.1, 0.15) is 19.4 Å². The topological polar surface area (TPSA) is 63.7 Å². The lowest BCUT2D eigenvalue weighted by Gasteiger charge is -2.25. The first-order valence-corrected chi connectivity index (χ1v) is 7.49. The minimum Gasteiger partial charge on any atom is -0.468 e. The molecule has 0 saturated carbocycles. The predicted octanol–water partition coefficient (Wildman–Crippen LogP) is 1.71. The number of nitrogens with zero attached hydrogens (tertiary/aromatic N) is 1. The normalized spacial score (nSPS) is 11.9. The second-order valence-corrected chi connectivity index (χ2v) is 6.49. The summed E-state index contributed by atoms with van der Waals surface area (Å²) in [5, 5.41) is 0. The Kier molecular flexibility index (Phi) is 5.24. The van der Waals surface area contributed by atoms with Crippen molar-refractivity contribution in [1.82, 2.24) is 4.31 Å². The first-order chi connectivity index (χ1) is 9.20. The zero-order valence-electron chi connectivity index (χ0n) is 11.9. The van der Waals surface area contributed by atoms with Crippen molar-refractivity contribution in [3.8, 4) is 0 Å². The van der Waals surface area contributed by atoms with Crippen molar-refractivity contribution < 1.29 is 22.3 Å². The van der Waals surface area contributed by atoms with Gasteiger partial charge in [-0.2, -0.15) is 4.31 Å². The standard InChI is InChI=1S/C13H18FNO4S/c1-9(2)15(8-13(16)19-4)20(17,18)12-7-11(14)6-5-10(12)3/h5-7,9H,8H2,1-4H3. The van der Waals surface area contributed by atoms with E-state index in [0.29, 0.717) is 5.56 Å². The van der Waals surface area contributed by atoms with Crippen LogP contribution in [0.3, 0.4) is 0 Å². The summed E-state index contributed by atoms with van der Waals surface area (Å²) in [5.74, 6) is -1.31. The molecule has 0 fully saturated rings. The van der Waals surface area contributed by atoms with E-state index >= 15 is 0 Å². The SMILES string of the molecule is COC(=O)CN(C(C)C)S(=O)(=O)c1cc(F)ccc1C. The van der Waals surface area contributed by atoms with Crippen LogP contribution in [0.2, 0.25) is 0 Å². The number of hydrogen-bond acceptors (Lipinski definition) is 4. The van der Waals surface area contributed by atoms with Crippen molar-refractivity contribution in [3.63, 3.8) is 0 Å². The number of aryl methyl sites for hydroxylation is 1. The van der Waals surface area contributed by atoms with E-state index in [4.69, 9.17) is 0 Å². The van der Waals surface area contributed by atoms with Crippen LogP contribution < -0.4 is 0 Å². The molecule has 0 radical (unpaired) electrons. The van der Waals surface area contributed by atoms with Gasteiger partial charge in [0.05, 0.1) is 12.0 Å². The molecular weight excluding hydrogens is 285 g/mol. The molecule has 0 atom stereocenters. The second-order valence-electron chi connectivity index (χ2n) is 4.63. The Labute approximate surface area is 118 Å². The number of benzene rings is 1. The second kappa shape index (κ2) is 6.32. The molecule has 0 N–H and O–H groups in total. The first kappa shape index (κ1) is 16.6. The van der Waals surface area contributed by atoms with Gasteiger partial charge in [-0.05, 0) is 38.5 Å². The fraction of sp³-hybridized carbons (Fsp3) is 0.462. The molecule has 20 heavy (non-hydrogen) atoms. The van der Waals surface area contributed by atoms with Gasteiger partial charge in [0, 0.05) is 6.04 Å². The molecule has 5 nitrogen and oxygen atoms in total. The van der Waals surface area contributed by atoms with Crippen LogP contribution in [0, 0.1) is 12.7 Å². The fourth-order valence-electron chi connectivity index (χ4n) is 1.72. The maximum atomic E-state index is 13.3. The number of esters is 1. The number of ether oxygens (including phenoxy) is 1. The third-order valence-electron chi connectivity index (χ3n) is 2.83. The van der Waals surface area contributed by atoms with Gasteiger partial charge in [-0.25, -0.2) is 12.8 Å². The highest BCUT2D eigenvalue weighted by atomic mass is 32.2. The molecule has 0 aromatic heterocycles. The molecule has 1 aromatic rings. The van der Waals surface area contributed by atoms with Crippen LogP contribution >= 0.6 is 0 Å². The molecule has 0 unspecified atom stereocenters. The van der Waals surface area contributed by atoms with E-state index < -0.39 is 34.4 Å². The van der Waals surface area contributed by atoms with Gasteiger partial charge in [0.2, 0.25) is 10.0 Å².